The molecule has 3 rings (SSSR count). The maximum Gasteiger partial charge on any atom is 0.408 e. The molecule has 14 atom stereocenters. The van der Waals surface area contributed by atoms with Gasteiger partial charge in [-0.3, -0.25) is 19.2 Å². The van der Waals surface area contributed by atoms with Crippen molar-refractivity contribution in [3.8, 4) is 0 Å². The van der Waals surface area contributed by atoms with Crippen LogP contribution in [0.4, 0.5) is 28.4 Å². The molecule has 0 radical (unpaired) electrons. The standard InChI is InChI=1S/C54H91FN6O21/c1-20-34-40(72-28(3)63)37(61-49(70)82-54(17,18)19)41(73-29(4)64)44(75-34)77-38-32(58-42(65)35(71-27(2)62)23-24-56-45(66)78-50(5,6)7)25-33(60-48(69)81-53(14,15)16)39(36(38)55)76-43-31(59-47(68)80-52(11,12)13)22-21-30(74-43)26-57-46(67)79-51(8,9)10/h30-41,43-44H,20-26H2,1-19H3,(H,56,66)(H,57,67)(H,58,65)(H,59,68)(H,60,69)(H,61,70)/t30?,31?,32-,33+,34?,35+,36?,37+,38+,39?,40+,41?,43-,44-/m1/s1. The summed E-state index contributed by atoms with van der Waals surface area (Å²) in [6.45, 7) is 28.8. The highest BCUT2D eigenvalue weighted by molar-refractivity contribution is 5.84. The average Bonchev–Trinajstić information content (AvgIpc) is 3.27. The molecule has 6 unspecified atom stereocenters. The van der Waals surface area contributed by atoms with Gasteiger partial charge in [0.25, 0.3) is 5.91 Å². The van der Waals surface area contributed by atoms with Crippen LogP contribution in [-0.4, -0.2) is 181 Å². The first kappa shape index (κ1) is 70.3. The smallest absolute Gasteiger partial charge is 0.408 e. The molecule has 28 heteroatoms. The first-order chi connectivity index (χ1) is 37.5. The highest BCUT2D eigenvalue weighted by Gasteiger charge is 2.56. The lowest BCUT2D eigenvalue weighted by atomic mass is 9.83. The van der Waals surface area contributed by atoms with Gasteiger partial charge < -0.3 is 88.7 Å². The second-order valence-electron chi connectivity index (χ2n) is 25.2. The molecule has 0 aromatic heterocycles. The Balaban J connectivity index is 2.31. The molecule has 0 bridgehead atoms. The van der Waals surface area contributed by atoms with Gasteiger partial charge in [0.15, 0.2) is 37.1 Å². The Morgan fingerprint density at radius 3 is 1.43 bits per heavy atom. The highest BCUT2D eigenvalue weighted by Crippen LogP contribution is 2.37. The van der Waals surface area contributed by atoms with Gasteiger partial charge in [0, 0.05) is 40.3 Å². The molecule has 27 nitrogen and oxygen atoms in total. The summed E-state index contributed by atoms with van der Waals surface area (Å²) in [5.74, 6) is -3.72. The summed E-state index contributed by atoms with van der Waals surface area (Å²) in [6.07, 6.45) is -21.8. The summed E-state index contributed by atoms with van der Waals surface area (Å²) >= 11 is 0. The first-order valence-corrected chi connectivity index (χ1v) is 27.5. The van der Waals surface area contributed by atoms with Crippen molar-refractivity contribution in [3.63, 3.8) is 0 Å². The van der Waals surface area contributed by atoms with Gasteiger partial charge in [-0.1, -0.05) is 6.92 Å². The molecule has 3 fully saturated rings. The zero-order valence-corrected chi connectivity index (χ0v) is 51.0. The number of hydrogen-bond donors (Lipinski definition) is 6. The van der Waals surface area contributed by atoms with Gasteiger partial charge in [0.1, 0.15) is 46.3 Å². The number of halogens is 1. The van der Waals surface area contributed by atoms with Gasteiger partial charge in [-0.2, -0.15) is 0 Å². The molecule has 6 N–H and O–H groups in total. The molecule has 0 spiro atoms. The van der Waals surface area contributed by atoms with Crippen LogP contribution < -0.4 is 31.9 Å². The molecular weight excluding hydrogens is 1090 g/mol. The number of hydrogen-bond acceptors (Lipinski definition) is 21. The second-order valence-corrected chi connectivity index (χ2v) is 25.2. The van der Waals surface area contributed by atoms with Gasteiger partial charge in [0.2, 0.25) is 0 Å². The third kappa shape index (κ3) is 25.2. The van der Waals surface area contributed by atoms with Gasteiger partial charge in [-0.05, 0) is 130 Å². The Labute approximate surface area is 479 Å². The predicted molar refractivity (Wildman–Crippen MR) is 287 cm³/mol. The zero-order chi connectivity index (χ0) is 62.5. The molecule has 470 valence electrons. The first-order valence-electron chi connectivity index (χ1n) is 27.5. The number of carbonyl (C=O) groups excluding carboxylic acids is 9. The Morgan fingerprint density at radius 2 is 0.951 bits per heavy atom. The summed E-state index contributed by atoms with van der Waals surface area (Å²) in [5, 5.41) is 15.8. The van der Waals surface area contributed by atoms with Crippen LogP contribution in [0, 0.1) is 0 Å². The van der Waals surface area contributed by atoms with Gasteiger partial charge in [-0.15, -0.1) is 0 Å². The number of alkyl carbamates (subject to hydrolysis) is 5. The van der Waals surface area contributed by atoms with Crippen molar-refractivity contribution in [2.75, 3.05) is 13.1 Å². The summed E-state index contributed by atoms with van der Waals surface area (Å²) in [7, 11) is 0. The maximum absolute atomic E-state index is 18.7. The highest BCUT2D eigenvalue weighted by atomic mass is 19.1. The van der Waals surface area contributed by atoms with E-state index >= 15 is 4.39 Å². The lowest BCUT2D eigenvalue weighted by Gasteiger charge is -2.49. The second kappa shape index (κ2) is 29.5. The molecule has 0 aromatic carbocycles. The van der Waals surface area contributed by atoms with Crippen molar-refractivity contribution >= 4 is 54.3 Å². The van der Waals surface area contributed by atoms with E-state index in [-0.39, 0.29) is 38.8 Å². The predicted octanol–water partition coefficient (Wildman–Crippen LogP) is 5.54. The molecule has 2 heterocycles. The third-order valence-corrected chi connectivity index (χ3v) is 11.6. The van der Waals surface area contributed by atoms with Crippen LogP contribution in [0.3, 0.4) is 0 Å². The number of esters is 3. The number of rotatable bonds is 18. The molecule has 1 saturated carbocycles. The lowest BCUT2D eigenvalue weighted by Crippen LogP contribution is -2.70. The van der Waals surface area contributed by atoms with Crippen molar-refractivity contribution in [2.24, 2.45) is 0 Å². The van der Waals surface area contributed by atoms with Crippen LogP contribution in [0.25, 0.3) is 0 Å². The van der Waals surface area contributed by atoms with E-state index in [0.29, 0.717) is 0 Å². The minimum atomic E-state index is -2.53. The van der Waals surface area contributed by atoms with E-state index in [2.05, 4.69) is 31.9 Å². The summed E-state index contributed by atoms with van der Waals surface area (Å²) in [6, 6.07) is -5.70. The van der Waals surface area contributed by atoms with Crippen LogP contribution in [0.2, 0.25) is 0 Å². The average molecular weight is 1180 g/mol. The van der Waals surface area contributed by atoms with Gasteiger partial charge in [-0.25, -0.2) is 28.4 Å². The minimum Gasteiger partial charge on any atom is -0.457 e. The Morgan fingerprint density at radius 1 is 0.512 bits per heavy atom. The lowest BCUT2D eigenvalue weighted by molar-refractivity contribution is -0.311. The zero-order valence-electron chi connectivity index (χ0n) is 51.0. The molecule has 2 saturated heterocycles. The Bertz CT molecular complexity index is 2210. The van der Waals surface area contributed by atoms with E-state index in [1.165, 1.54) is 0 Å². The van der Waals surface area contributed by atoms with Crippen molar-refractivity contribution in [3.05, 3.63) is 0 Å². The third-order valence-electron chi connectivity index (χ3n) is 11.6. The van der Waals surface area contributed by atoms with Gasteiger partial charge >= 0.3 is 48.4 Å². The summed E-state index contributed by atoms with van der Waals surface area (Å²) < 4.78 is 89.0. The van der Waals surface area contributed by atoms with Crippen LogP contribution in [-0.2, 0) is 76.0 Å². The largest absolute Gasteiger partial charge is 0.457 e. The van der Waals surface area contributed by atoms with Crippen molar-refractivity contribution < 1.29 is 104 Å². The molecule has 6 amide bonds. The van der Waals surface area contributed by atoms with E-state index in [0.717, 1.165) is 20.8 Å². The number of carbonyl (C=O) groups is 9. The van der Waals surface area contributed by atoms with Crippen molar-refractivity contribution in [1.82, 2.24) is 31.9 Å². The van der Waals surface area contributed by atoms with Crippen LogP contribution in [0.15, 0.2) is 0 Å². The van der Waals surface area contributed by atoms with E-state index in [4.69, 9.17) is 56.8 Å². The SMILES string of the molecule is CCC1O[C@H](O[C@@H]2C(F)C(O[C@H]3OC(CNC(=O)OC(C)(C)C)CCC3NC(=O)OC(C)(C)C)[C@@H](NC(=O)OC(C)(C)C)C[C@H]2NC(=O)[C@H](CCNC(=O)OC(C)(C)C)OC(C)=O)C(OC(C)=O)[C@@H](NC(=O)OC(C)(C)C)[C@H]1OC(C)=O. The maximum atomic E-state index is 18.7. The van der Waals surface area contributed by atoms with E-state index in [1.54, 1.807) is 111 Å². The normalized spacial score (nSPS) is 27.3. The van der Waals surface area contributed by atoms with E-state index in [9.17, 15) is 43.2 Å². The monoisotopic (exact) mass is 1180 g/mol. The van der Waals surface area contributed by atoms with Crippen LogP contribution >= 0.6 is 0 Å². The van der Waals surface area contributed by atoms with E-state index < -0.39 is 174 Å². The van der Waals surface area contributed by atoms with Crippen LogP contribution in [0.5, 0.6) is 0 Å². The number of amides is 6. The van der Waals surface area contributed by atoms with E-state index in [1.807, 2.05) is 0 Å². The number of ether oxygens (including phenoxy) is 12. The molecular formula is C54H91FN6O21. The molecule has 3 aliphatic rings. The fraction of sp³-hybridized carbons (Fsp3) is 0.833. The Hall–Kier alpha value is -6.00. The number of nitrogens with one attached hydrogen (secondary N) is 6. The minimum absolute atomic E-state index is 0.0466. The Kier molecular flexibility index (Phi) is 25.3. The topological polar surface area (TPSA) is 337 Å². The summed E-state index contributed by atoms with van der Waals surface area (Å²) in [5.41, 5.74) is -4.88. The van der Waals surface area contributed by atoms with Gasteiger partial charge in [0.05, 0.1) is 30.3 Å². The number of alkyl halides is 1. The molecule has 2 aliphatic heterocycles. The fourth-order valence-electron chi connectivity index (χ4n) is 8.77. The fourth-order valence-corrected chi connectivity index (χ4v) is 8.77. The summed E-state index contributed by atoms with van der Waals surface area (Å²) in [4.78, 5) is 119. The molecule has 0 aromatic rings. The molecule has 82 heavy (non-hydrogen) atoms. The quantitative estimate of drug-likeness (QED) is 0.0725. The van der Waals surface area contributed by atoms with Crippen LogP contribution in [0.1, 0.15) is 164 Å². The van der Waals surface area contributed by atoms with Crippen molar-refractivity contribution in [1.29, 1.82) is 0 Å². The van der Waals surface area contributed by atoms with Crippen molar-refractivity contribution in [2.45, 2.75) is 277 Å². The molecule has 1 aliphatic carbocycles.